The van der Waals surface area contributed by atoms with Gasteiger partial charge in [0.1, 0.15) is 19.3 Å². The number of hydrogen-bond acceptors (Lipinski definition) is 15. The molecule has 0 amide bonds. The molecule has 17 nitrogen and oxygen atoms in total. The van der Waals surface area contributed by atoms with Crippen LogP contribution in [0, 0.1) is 5.92 Å². The van der Waals surface area contributed by atoms with Crippen molar-refractivity contribution in [2.75, 3.05) is 39.6 Å². The molecule has 5 atom stereocenters. The zero-order valence-corrected chi connectivity index (χ0v) is 72.8. The molecular weight excluding hydrogens is 1400 g/mol. The lowest BCUT2D eigenvalue weighted by atomic mass is 10.0. The van der Waals surface area contributed by atoms with Crippen LogP contribution in [0.1, 0.15) is 484 Å². The summed E-state index contributed by atoms with van der Waals surface area (Å²) in [6.07, 6.45) is 76.4. The van der Waals surface area contributed by atoms with Gasteiger partial charge in [-0.25, -0.2) is 9.13 Å². The Labute approximate surface area is 664 Å². The number of phosphoric ester groups is 2. The molecule has 3 N–H and O–H groups in total. The van der Waals surface area contributed by atoms with E-state index in [1.807, 2.05) is 0 Å². The predicted molar refractivity (Wildman–Crippen MR) is 446 cm³/mol. The van der Waals surface area contributed by atoms with Gasteiger partial charge in [0.15, 0.2) is 12.2 Å². The number of carbonyl (C=O) groups excluding carboxylic acids is 4. The number of esters is 4. The van der Waals surface area contributed by atoms with Crippen LogP contribution in [0.15, 0.2) is 0 Å². The van der Waals surface area contributed by atoms with E-state index in [0.29, 0.717) is 25.7 Å². The summed E-state index contributed by atoms with van der Waals surface area (Å²) in [4.78, 5) is 73.3. The molecule has 0 aliphatic carbocycles. The number of carbonyl (C=O) groups is 4. The highest BCUT2D eigenvalue weighted by atomic mass is 31.2. The van der Waals surface area contributed by atoms with E-state index < -0.39 is 97.5 Å². The van der Waals surface area contributed by atoms with Gasteiger partial charge >= 0.3 is 39.5 Å². The molecule has 0 heterocycles. The molecule has 0 aromatic heterocycles. The van der Waals surface area contributed by atoms with E-state index in [4.69, 9.17) is 37.0 Å². The normalized spacial score (nSPS) is 13.7. The first kappa shape index (κ1) is 106. The average Bonchev–Trinajstić information content (AvgIpc) is 0.908. The number of aliphatic hydroxyl groups excluding tert-OH is 1. The molecule has 0 radical (unpaired) electrons. The second-order valence-electron chi connectivity index (χ2n) is 32.5. The molecule has 0 saturated heterocycles. The summed E-state index contributed by atoms with van der Waals surface area (Å²) in [6, 6.07) is 0. The first-order valence-corrected chi connectivity index (χ1v) is 49.1. The fourth-order valence-corrected chi connectivity index (χ4v) is 15.6. The average molecular weight is 1580 g/mol. The number of hydrogen-bond donors (Lipinski definition) is 3. The minimum absolute atomic E-state index is 0.109. The molecule has 2 unspecified atom stereocenters. The maximum atomic E-state index is 13.2. The van der Waals surface area contributed by atoms with Gasteiger partial charge in [0.2, 0.25) is 0 Å². The number of unbranched alkanes of at least 4 members (excludes halogenated alkanes) is 61. The number of rotatable bonds is 89. The lowest BCUT2D eigenvalue weighted by Gasteiger charge is -2.21. The molecule has 0 fully saturated rings. The minimum Gasteiger partial charge on any atom is -0.462 e. The van der Waals surface area contributed by atoms with Crippen LogP contribution in [-0.2, 0) is 65.4 Å². The van der Waals surface area contributed by atoms with E-state index in [2.05, 4.69) is 34.6 Å². The maximum absolute atomic E-state index is 13.2. The summed E-state index contributed by atoms with van der Waals surface area (Å²) < 4.78 is 69.0. The SMILES string of the molecule is CCCCCCCCCCCCCCCCCCCCCCCC(=O)OC[C@H](COP(=O)(O)OC[C@@H](O)COP(=O)(O)OC[C@@H](COC(=O)CCCCCCCCCCCCCCC)OC(=O)CCCCCCCCCCCCCCC)OC(=O)CCCCCCCCCCCCCCCCCCCCC(C)C. The van der Waals surface area contributed by atoms with Gasteiger partial charge in [-0.1, -0.05) is 433 Å². The summed E-state index contributed by atoms with van der Waals surface area (Å²) in [5.74, 6) is -1.27. The van der Waals surface area contributed by atoms with Gasteiger partial charge in [-0.05, 0) is 31.6 Å². The van der Waals surface area contributed by atoms with E-state index in [-0.39, 0.29) is 25.7 Å². The third kappa shape index (κ3) is 82.1. The van der Waals surface area contributed by atoms with Gasteiger partial charge in [-0.2, -0.15) is 0 Å². The van der Waals surface area contributed by atoms with Crippen molar-refractivity contribution in [1.82, 2.24) is 0 Å². The Morgan fingerprint density at radius 2 is 0.426 bits per heavy atom. The van der Waals surface area contributed by atoms with Gasteiger partial charge in [0.05, 0.1) is 26.4 Å². The lowest BCUT2D eigenvalue weighted by molar-refractivity contribution is -0.161. The topological polar surface area (TPSA) is 237 Å². The maximum Gasteiger partial charge on any atom is 0.472 e. The standard InChI is InChI=1S/C89H174O17P2/c1-6-9-12-15-18-21-24-27-28-29-30-31-32-36-39-44-48-53-58-63-68-73-87(92)100-79-85(106-89(94)75-70-65-60-55-50-45-40-37-34-33-35-38-43-46-51-56-61-66-71-82(4)5)81-104-108(97,98)102-77-83(90)76-101-107(95,96)103-80-84(105-88(93)74-69-64-59-54-49-42-26-23-20-17-14-11-8-3)78-99-86(91)72-67-62-57-52-47-41-25-22-19-16-13-10-7-2/h82-85,90H,6-81H2,1-5H3,(H,95,96)(H,97,98)/t83-,84+,85+/m0/s1. The van der Waals surface area contributed by atoms with Crippen molar-refractivity contribution in [2.24, 2.45) is 5.92 Å². The second kappa shape index (κ2) is 81.6. The van der Waals surface area contributed by atoms with Crippen molar-refractivity contribution < 1.29 is 80.2 Å². The second-order valence-corrected chi connectivity index (χ2v) is 35.4. The van der Waals surface area contributed by atoms with Gasteiger partial charge in [0, 0.05) is 25.7 Å². The zero-order chi connectivity index (χ0) is 79.0. The van der Waals surface area contributed by atoms with E-state index in [1.165, 1.54) is 308 Å². The molecule has 0 aliphatic heterocycles. The summed E-state index contributed by atoms with van der Waals surface area (Å²) >= 11 is 0. The van der Waals surface area contributed by atoms with Crippen LogP contribution in [-0.4, -0.2) is 96.7 Å². The van der Waals surface area contributed by atoms with Crippen LogP contribution in [0.5, 0.6) is 0 Å². The van der Waals surface area contributed by atoms with Crippen LogP contribution >= 0.6 is 15.6 Å². The summed E-state index contributed by atoms with van der Waals surface area (Å²) in [7, 11) is -9.93. The molecule has 0 aliphatic rings. The highest BCUT2D eigenvalue weighted by molar-refractivity contribution is 7.47. The Bertz CT molecular complexity index is 2050. The third-order valence-electron chi connectivity index (χ3n) is 21.0. The largest absolute Gasteiger partial charge is 0.472 e. The quantitative estimate of drug-likeness (QED) is 0.0222. The summed E-state index contributed by atoms with van der Waals surface area (Å²) in [5, 5.41) is 10.7. The summed E-state index contributed by atoms with van der Waals surface area (Å²) in [6.45, 7) is 7.42. The van der Waals surface area contributed by atoms with Crippen LogP contribution in [0.2, 0.25) is 0 Å². The first-order chi connectivity index (χ1) is 52.5. The summed E-state index contributed by atoms with van der Waals surface area (Å²) in [5.41, 5.74) is 0. The third-order valence-corrected chi connectivity index (χ3v) is 22.9. The van der Waals surface area contributed by atoms with Crippen molar-refractivity contribution in [3.05, 3.63) is 0 Å². The smallest absolute Gasteiger partial charge is 0.462 e. The minimum atomic E-state index is -4.97. The van der Waals surface area contributed by atoms with Crippen molar-refractivity contribution in [3.8, 4) is 0 Å². The van der Waals surface area contributed by atoms with Gasteiger partial charge in [0.25, 0.3) is 0 Å². The Hall–Kier alpha value is -1.94. The van der Waals surface area contributed by atoms with Crippen molar-refractivity contribution in [3.63, 3.8) is 0 Å². The van der Waals surface area contributed by atoms with Crippen molar-refractivity contribution >= 4 is 39.5 Å². The molecule has 0 spiro atoms. The lowest BCUT2D eigenvalue weighted by Crippen LogP contribution is -2.30. The molecule has 0 saturated carbocycles. The molecule has 0 aromatic rings. The molecule has 642 valence electrons. The van der Waals surface area contributed by atoms with Crippen molar-refractivity contribution in [2.45, 2.75) is 502 Å². The Balaban J connectivity index is 5.23. The molecule has 0 rings (SSSR count). The number of phosphoric acid groups is 2. The Morgan fingerprint density at radius 1 is 0.250 bits per heavy atom. The highest BCUT2D eigenvalue weighted by Crippen LogP contribution is 2.45. The van der Waals surface area contributed by atoms with Gasteiger partial charge in [-0.3, -0.25) is 37.3 Å². The van der Waals surface area contributed by atoms with Gasteiger partial charge < -0.3 is 33.8 Å². The van der Waals surface area contributed by atoms with Gasteiger partial charge in [-0.15, -0.1) is 0 Å². The van der Waals surface area contributed by atoms with Crippen LogP contribution in [0.25, 0.3) is 0 Å². The molecule has 19 heteroatoms. The molecule has 0 aromatic carbocycles. The van der Waals surface area contributed by atoms with E-state index in [9.17, 15) is 43.2 Å². The monoisotopic (exact) mass is 1580 g/mol. The Morgan fingerprint density at radius 3 is 0.630 bits per heavy atom. The Kier molecular flexibility index (Phi) is 80.2. The van der Waals surface area contributed by atoms with E-state index >= 15 is 0 Å². The van der Waals surface area contributed by atoms with Crippen molar-refractivity contribution in [1.29, 1.82) is 0 Å². The fraction of sp³-hybridized carbons (Fsp3) is 0.955. The van der Waals surface area contributed by atoms with E-state index in [1.54, 1.807) is 0 Å². The van der Waals surface area contributed by atoms with Crippen LogP contribution in [0.3, 0.4) is 0 Å². The molecular formula is C89H174O17P2. The number of aliphatic hydroxyl groups is 1. The fourth-order valence-electron chi connectivity index (χ4n) is 14.0. The highest BCUT2D eigenvalue weighted by Gasteiger charge is 2.30. The zero-order valence-electron chi connectivity index (χ0n) is 71.0. The molecule has 108 heavy (non-hydrogen) atoms. The van der Waals surface area contributed by atoms with Crippen LogP contribution < -0.4 is 0 Å². The van der Waals surface area contributed by atoms with Crippen LogP contribution in [0.4, 0.5) is 0 Å². The molecule has 0 bridgehead atoms. The predicted octanol–water partition coefficient (Wildman–Crippen LogP) is 27.5. The number of ether oxygens (including phenoxy) is 4. The first-order valence-electron chi connectivity index (χ1n) is 46.1. The van der Waals surface area contributed by atoms with E-state index in [0.717, 1.165) is 95.8 Å².